The highest BCUT2D eigenvalue weighted by Crippen LogP contribution is 2.17. The van der Waals surface area contributed by atoms with Crippen molar-refractivity contribution >= 4 is 44.9 Å². The Balaban J connectivity index is 1.92. The van der Waals surface area contributed by atoms with E-state index in [0.29, 0.717) is 6.42 Å². The van der Waals surface area contributed by atoms with Crippen molar-refractivity contribution in [2.24, 2.45) is 5.73 Å². The zero-order valence-electron chi connectivity index (χ0n) is 14.1. The van der Waals surface area contributed by atoms with E-state index in [1.165, 1.54) is 0 Å². The first-order chi connectivity index (χ1) is 12.8. The zero-order valence-corrected chi connectivity index (χ0v) is 16.5. The summed E-state index contributed by atoms with van der Waals surface area (Å²) in [5.41, 5.74) is 5.98. The van der Waals surface area contributed by atoms with Crippen LogP contribution in [0.25, 0.3) is 0 Å². The number of halogens is 3. The van der Waals surface area contributed by atoms with Crippen LogP contribution in [0.4, 0.5) is 8.78 Å². The van der Waals surface area contributed by atoms with Gasteiger partial charge in [0.05, 0.1) is 11.4 Å². The van der Waals surface area contributed by atoms with Gasteiger partial charge in [0.25, 0.3) is 5.78 Å². The molecule has 0 aliphatic rings. The quantitative estimate of drug-likeness (QED) is 0.286. The van der Waals surface area contributed by atoms with Crippen molar-refractivity contribution in [3.63, 3.8) is 0 Å². The fraction of sp³-hybridized carbons (Fsp3) is 0.211. The molecule has 1 atom stereocenters. The van der Waals surface area contributed by atoms with Gasteiger partial charge in [-0.1, -0.05) is 58.5 Å². The van der Waals surface area contributed by atoms with Crippen LogP contribution in [0.3, 0.4) is 0 Å². The van der Waals surface area contributed by atoms with Gasteiger partial charge in [-0.3, -0.25) is 4.79 Å². The summed E-state index contributed by atoms with van der Waals surface area (Å²) in [6.45, 7) is -0.285. The van der Waals surface area contributed by atoms with Crippen molar-refractivity contribution in [2.45, 2.75) is 17.7 Å². The second-order valence-electron chi connectivity index (χ2n) is 5.70. The summed E-state index contributed by atoms with van der Waals surface area (Å²) in [6, 6.07) is 11.0. The second kappa shape index (κ2) is 9.66. The number of carbonyl (C=O) groups excluding carboxylic acids is 2. The lowest BCUT2D eigenvalue weighted by Gasteiger charge is -2.10. The number of thiocarbonyl (C=S) groups is 1. The number of hydrogen-bond acceptors (Lipinski definition) is 4. The molecule has 0 radical (unpaired) electrons. The molecule has 0 saturated heterocycles. The van der Waals surface area contributed by atoms with Crippen LogP contribution in [0.15, 0.2) is 42.5 Å². The minimum absolute atomic E-state index is 0.0438. The monoisotopic (exact) mass is 455 g/mol. The third-order valence-corrected chi connectivity index (χ3v) is 4.69. The van der Waals surface area contributed by atoms with Crippen molar-refractivity contribution in [3.05, 3.63) is 70.8 Å². The molecule has 8 heteroatoms. The highest BCUT2D eigenvalue weighted by atomic mass is 79.9. The van der Waals surface area contributed by atoms with Crippen LogP contribution in [0, 0.1) is 11.6 Å². The molecule has 2 rings (SSSR count). The largest absolute Gasteiger partial charge is 0.460 e. The highest BCUT2D eigenvalue weighted by Gasteiger charge is 2.24. The van der Waals surface area contributed by atoms with Gasteiger partial charge in [-0.15, -0.1) is 0 Å². The minimum Gasteiger partial charge on any atom is -0.460 e. The smallest absolute Gasteiger partial charge is 0.375 e. The predicted octanol–water partition coefficient (Wildman–Crippen LogP) is 3.26. The third kappa shape index (κ3) is 5.90. The molecule has 0 aliphatic carbocycles. The van der Waals surface area contributed by atoms with Gasteiger partial charge in [-0.05, 0) is 29.7 Å². The van der Waals surface area contributed by atoms with Gasteiger partial charge in [0.2, 0.25) is 0 Å². The number of ether oxygens (including phenoxy) is 1. The van der Waals surface area contributed by atoms with E-state index in [-0.39, 0.29) is 29.1 Å². The molecule has 2 N–H and O–H groups in total. The lowest BCUT2D eigenvalue weighted by atomic mass is 10.1. The van der Waals surface area contributed by atoms with E-state index in [1.807, 2.05) is 30.3 Å². The Morgan fingerprint density at radius 2 is 1.85 bits per heavy atom. The van der Waals surface area contributed by atoms with E-state index >= 15 is 0 Å². The van der Waals surface area contributed by atoms with Gasteiger partial charge >= 0.3 is 5.97 Å². The summed E-state index contributed by atoms with van der Waals surface area (Å²) in [5, 5.41) is 0. The highest BCUT2D eigenvalue weighted by molar-refractivity contribution is 9.10. The topological polar surface area (TPSA) is 69.4 Å². The molecular formula is C19H16BrF2NO3S. The maximum absolute atomic E-state index is 14.2. The van der Waals surface area contributed by atoms with Crippen LogP contribution in [-0.2, 0) is 27.2 Å². The van der Waals surface area contributed by atoms with Crippen molar-refractivity contribution in [2.75, 3.05) is 6.61 Å². The molecule has 27 heavy (non-hydrogen) atoms. The van der Waals surface area contributed by atoms with E-state index in [0.717, 1.165) is 17.7 Å². The Morgan fingerprint density at radius 1 is 1.19 bits per heavy atom. The number of carbonyl (C=O) groups is 2. The molecule has 0 saturated carbocycles. The molecule has 0 aliphatic heterocycles. The Labute approximate surface area is 168 Å². The van der Waals surface area contributed by atoms with E-state index in [9.17, 15) is 18.4 Å². The summed E-state index contributed by atoms with van der Waals surface area (Å²) in [7, 11) is 0. The molecule has 0 amide bonds. The predicted molar refractivity (Wildman–Crippen MR) is 105 cm³/mol. The first-order valence-corrected chi connectivity index (χ1v) is 9.28. The van der Waals surface area contributed by atoms with E-state index < -0.39 is 28.2 Å². The number of rotatable bonds is 8. The minimum atomic E-state index is -1.04. The maximum atomic E-state index is 14.2. The fourth-order valence-electron chi connectivity index (χ4n) is 2.37. The van der Waals surface area contributed by atoms with Crippen LogP contribution in [-0.4, -0.2) is 28.2 Å². The molecule has 142 valence electrons. The average Bonchev–Trinajstić information content (AvgIpc) is 2.64. The van der Waals surface area contributed by atoms with Crippen LogP contribution in [0.5, 0.6) is 0 Å². The SMILES string of the molecule is NC(=S)c1cc(F)cc(CCOC(=O)C(=O)C(Br)Cc2ccccc2)c1F. The summed E-state index contributed by atoms with van der Waals surface area (Å²) >= 11 is 7.85. The number of Topliss-reactive ketones (excluding diaryl/α,β-unsaturated/α-hetero) is 1. The zero-order chi connectivity index (χ0) is 20.0. The van der Waals surface area contributed by atoms with E-state index in [4.69, 9.17) is 10.5 Å². The molecule has 0 aromatic heterocycles. The first-order valence-electron chi connectivity index (χ1n) is 7.96. The van der Waals surface area contributed by atoms with Crippen molar-refractivity contribution in [1.29, 1.82) is 0 Å². The number of hydrogen-bond donors (Lipinski definition) is 1. The van der Waals surface area contributed by atoms with Gasteiger partial charge in [0, 0.05) is 12.0 Å². The Bertz CT molecular complexity index is 862. The lowest BCUT2D eigenvalue weighted by Crippen LogP contribution is -2.28. The number of alkyl halides is 1. The van der Waals surface area contributed by atoms with Gasteiger partial charge in [-0.2, -0.15) is 0 Å². The van der Waals surface area contributed by atoms with Crippen molar-refractivity contribution in [1.82, 2.24) is 0 Å². The Morgan fingerprint density at radius 3 is 2.48 bits per heavy atom. The summed E-state index contributed by atoms with van der Waals surface area (Å²) in [6.07, 6.45) is 0.203. The van der Waals surface area contributed by atoms with Crippen LogP contribution in [0.2, 0.25) is 0 Å². The van der Waals surface area contributed by atoms with Crippen molar-refractivity contribution in [3.8, 4) is 0 Å². The van der Waals surface area contributed by atoms with Crippen LogP contribution < -0.4 is 5.73 Å². The first kappa shape index (κ1) is 21.1. The van der Waals surface area contributed by atoms with Gasteiger partial charge < -0.3 is 10.5 Å². The van der Waals surface area contributed by atoms with Crippen molar-refractivity contribution < 1.29 is 23.1 Å². The number of esters is 1. The number of ketones is 1. The van der Waals surface area contributed by atoms with Gasteiger partial charge in [0.15, 0.2) is 0 Å². The summed E-state index contributed by atoms with van der Waals surface area (Å²) in [5.74, 6) is -3.27. The van der Waals surface area contributed by atoms with Gasteiger partial charge in [0.1, 0.15) is 16.6 Å². The molecule has 4 nitrogen and oxygen atoms in total. The van der Waals surface area contributed by atoms with Crippen LogP contribution in [0.1, 0.15) is 16.7 Å². The fourth-order valence-corrected chi connectivity index (χ4v) is 3.08. The molecule has 0 spiro atoms. The Kier molecular flexibility index (Phi) is 7.55. The molecule has 1 unspecified atom stereocenters. The van der Waals surface area contributed by atoms with Crippen LogP contribution >= 0.6 is 28.1 Å². The molecule has 0 bridgehead atoms. The van der Waals surface area contributed by atoms with Gasteiger partial charge in [-0.25, -0.2) is 13.6 Å². The average molecular weight is 456 g/mol. The number of nitrogens with two attached hydrogens (primary N) is 1. The van der Waals surface area contributed by atoms with E-state index in [2.05, 4.69) is 28.1 Å². The summed E-state index contributed by atoms with van der Waals surface area (Å²) in [4.78, 5) is 22.9. The third-order valence-electron chi connectivity index (χ3n) is 3.73. The lowest BCUT2D eigenvalue weighted by molar-refractivity contribution is -0.153. The summed E-state index contributed by atoms with van der Waals surface area (Å²) < 4.78 is 32.6. The molecule has 2 aromatic rings. The normalized spacial score (nSPS) is 11.7. The molecule has 0 fully saturated rings. The number of benzene rings is 2. The second-order valence-corrected chi connectivity index (χ2v) is 7.24. The maximum Gasteiger partial charge on any atom is 0.375 e. The van der Waals surface area contributed by atoms with E-state index in [1.54, 1.807) is 0 Å². The standard InChI is InChI=1S/C19H16BrF2NO3S/c20-15(8-11-4-2-1-3-5-11)17(24)19(25)26-7-6-12-9-13(21)10-14(16(12)22)18(23)27/h1-5,9-10,15H,6-8H2,(H2,23,27). The molecule has 2 aromatic carbocycles. The Hall–Kier alpha value is -2.19. The molecule has 0 heterocycles. The molecular weight excluding hydrogens is 440 g/mol.